The van der Waals surface area contributed by atoms with Crippen LogP contribution < -0.4 is 5.32 Å². The molecule has 3 heteroatoms. The zero-order chi connectivity index (χ0) is 11.4. The number of piperidine rings is 1. The van der Waals surface area contributed by atoms with Gasteiger partial charge in [0.25, 0.3) is 0 Å². The maximum absolute atomic E-state index is 12.8. The van der Waals surface area contributed by atoms with Gasteiger partial charge in [0, 0.05) is 19.1 Å². The molecule has 1 aliphatic rings. The molecule has 1 heterocycles. The monoisotopic (exact) mass is 222 g/mol. The lowest BCUT2D eigenvalue weighted by atomic mass is 10.1. The topological polar surface area (TPSA) is 15.3 Å². The minimum Gasteiger partial charge on any atom is -0.316 e. The van der Waals surface area contributed by atoms with Gasteiger partial charge in [-0.25, -0.2) is 4.39 Å². The van der Waals surface area contributed by atoms with Gasteiger partial charge in [-0.2, -0.15) is 0 Å². The Morgan fingerprint density at radius 2 is 2.12 bits per heavy atom. The Kier molecular flexibility index (Phi) is 3.91. The predicted octanol–water partition coefficient (Wildman–Crippen LogP) is 2.01. The smallest absolute Gasteiger partial charge is 0.123 e. The summed E-state index contributed by atoms with van der Waals surface area (Å²) < 4.78 is 12.8. The third-order valence-corrected chi connectivity index (χ3v) is 3.23. The van der Waals surface area contributed by atoms with E-state index in [-0.39, 0.29) is 5.82 Å². The number of hydrogen-bond acceptors (Lipinski definition) is 2. The Hall–Kier alpha value is -0.930. The minimum atomic E-state index is -0.157. The summed E-state index contributed by atoms with van der Waals surface area (Å²) in [5.74, 6) is -0.157. The molecule has 0 unspecified atom stereocenters. The van der Waals surface area contributed by atoms with Crippen LogP contribution in [0.25, 0.3) is 0 Å². The van der Waals surface area contributed by atoms with Gasteiger partial charge in [-0.1, -0.05) is 12.1 Å². The van der Waals surface area contributed by atoms with Crippen molar-refractivity contribution < 1.29 is 4.39 Å². The summed E-state index contributed by atoms with van der Waals surface area (Å²) in [4.78, 5) is 2.43. The standard InChI is InChI=1S/C13H19FN2/c1-15-13-3-2-8-16(10-13)9-11-4-6-12(14)7-5-11/h4-7,13,15H,2-3,8-10H2,1H3/t13-/m0/s1. The van der Waals surface area contributed by atoms with Gasteiger partial charge in [0.15, 0.2) is 0 Å². The molecule has 1 aliphatic heterocycles. The fraction of sp³-hybridized carbons (Fsp3) is 0.538. The van der Waals surface area contributed by atoms with E-state index in [0.29, 0.717) is 6.04 Å². The van der Waals surface area contributed by atoms with Crippen molar-refractivity contribution in [3.8, 4) is 0 Å². The molecule has 0 radical (unpaired) electrons. The Morgan fingerprint density at radius 3 is 2.81 bits per heavy atom. The van der Waals surface area contributed by atoms with Crippen LogP contribution in [0.15, 0.2) is 24.3 Å². The fourth-order valence-electron chi connectivity index (χ4n) is 2.28. The quantitative estimate of drug-likeness (QED) is 0.841. The predicted molar refractivity (Wildman–Crippen MR) is 63.8 cm³/mol. The summed E-state index contributed by atoms with van der Waals surface area (Å²) in [6.45, 7) is 3.17. The van der Waals surface area contributed by atoms with Crippen LogP contribution in [0.2, 0.25) is 0 Å². The second-order valence-corrected chi connectivity index (χ2v) is 4.49. The van der Waals surface area contributed by atoms with Crippen LogP contribution in [0.4, 0.5) is 4.39 Å². The highest BCUT2D eigenvalue weighted by atomic mass is 19.1. The third kappa shape index (κ3) is 3.03. The van der Waals surface area contributed by atoms with Crippen molar-refractivity contribution in [2.75, 3.05) is 20.1 Å². The first-order valence-electron chi connectivity index (χ1n) is 5.92. The normalized spacial score (nSPS) is 22.2. The SMILES string of the molecule is CN[C@H]1CCCN(Cc2ccc(F)cc2)C1. The number of halogens is 1. The summed E-state index contributed by atoms with van der Waals surface area (Å²) in [7, 11) is 2.02. The number of benzene rings is 1. The molecule has 16 heavy (non-hydrogen) atoms. The Labute approximate surface area is 96.5 Å². The van der Waals surface area contributed by atoms with E-state index in [0.717, 1.165) is 19.6 Å². The van der Waals surface area contributed by atoms with Crippen molar-refractivity contribution in [3.05, 3.63) is 35.6 Å². The lowest BCUT2D eigenvalue weighted by molar-refractivity contribution is 0.188. The van der Waals surface area contributed by atoms with Crippen LogP contribution in [-0.4, -0.2) is 31.1 Å². The molecule has 1 aromatic carbocycles. The zero-order valence-corrected chi connectivity index (χ0v) is 9.75. The molecule has 0 bridgehead atoms. The molecule has 0 aromatic heterocycles. The summed E-state index contributed by atoms with van der Waals surface area (Å²) in [6.07, 6.45) is 2.50. The van der Waals surface area contributed by atoms with E-state index >= 15 is 0 Å². The average Bonchev–Trinajstić information content (AvgIpc) is 2.32. The number of hydrogen-bond donors (Lipinski definition) is 1. The van der Waals surface area contributed by atoms with Crippen LogP contribution in [0, 0.1) is 5.82 Å². The molecule has 0 saturated carbocycles. The lowest BCUT2D eigenvalue weighted by Crippen LogP contribution is -2.43. The van der Waals surface area contributed by atoms with Gasteiger partial charge in [0.2, 0.25) is 0 Å². The van der Waals surface area contributed by atoms with Crippen LogP contribution in [0.5, 0.6) is 0 Å². The molecule has 1 aromatic rings. The molecule has 1 saturated heterocycles. The van der Waals surface area contributed by atoms with Crippen molar-refractivity contribution in [2.24, 2.45) is 0 Å². The van der Waals surface area contributed by atoms with Crippen molar-refractivity contribution in [1.82, 2.24) is 10.2 Å². The van der Waals surface area contributed by atoms with Crippen LogP contribution in [0.3, 0.4) is 0 Å². The van der Waals surface area contributed by atoms with Crippen LogP contribution >= 0.6 is 0 Å². The maximum Gasteiger partial charge on any atom is 0.123 e. The first-order chi connectivity index (χ1) is 7.78. The molecule has 1 N–H and O–H groups in total. The largest absolute Gasteiger partial charge is 0.316 e. The molecule has 0 aliphatic carbocycles. The van der Waals surface area contributed by atoms with E-state index in [1.165, 1.54) is 30.5 Å². The summed E-state index contributed by atoms with van der Waals surface area (Å²) in [5.41, 5.74) is 1.19. The molecular formula is C13H19FN2. The van der Waals surface area contributed by atoms with Crippen molar-refractivity contribution in [2.45, 2.75) is 25.4 Å². The number of nitrogens with zero attached hydrogens (tertiary/aromatic N) is 1. The highest BCUT2D eigenvalue weighted by Gasteiger charge is 2.17. The number of likely N-dealkylation sites (N-methyl/N-ethyl adjacent to an activating group) is 1. The number of likely N-dealkylation sites (tertiary alicyclic amines) is 1. The van der Waals surface area contributed by atoms with Crippen molar-refractivity contribution in [3.63, 3.8) is 0 Å². The molecule has 88 valence electrons. The fourth-order valence-corrected chi connectivity index (χ4v) is 2.28. The maximum atomic E-state index is 12.8. The van der Waals surface area contributed by atoms with Crippen molar-refractivity contribution in [1.29, 1.82) is 0 Å². The molecular weight excluding hydrogens is 203 g/mol. The summed E-state index contributed by atoms with van der Waals surface area (Å²) in [5, 5.41) is 3.33. The minimum absolute atomic E-state index is 0.157. The highest BCUT2D eigenvalue weighted by Crippen LogP contribution is 2.13. The zero-order valence-electron chi connectivity index (χ0n) is 9.75. The van der Waals surface area contributed by atoms with Gasteiger partial charge >= 0.3 is 0 Å². The first kappa shape index (κ1) is 11.6. The van der Waals surface area contributed by atoms with Gasteiger partial charge in [0.1, 0.15) is 5.82 Å². The number of rotatable bonds is 3. The van der Waals surface area contributed by atoms with Crippen LogP contribution in [0.1, 0.15) is 18.4 Å². The van der Waals surface area contributed by atoms with E-state index in [4.69, 9.17) is 0 Å². The second-order valence-electron chi connectivity index (χ2n) is 4.49. The van der Waals surface area contributed by atoms with E-state index in [2.05, 4.69) is 10.2 Å². The summed E-state index contributed by atoms with van der Waals surface area (Å²) in [6, 6.07) is 7.43. The molecule has 1 atom stereocenters. The number of nitrogens with one attached hydrogen (secondary N) is 1. The van der Waals surface area contributed by atoms with E-state index in [9.17, 15) is 4.39 Å². The van der Waals surface area contributed by atoms with E-state index in [1.54, 1.807) is 0 Å². The Morgan fingerprint density at radius 1 is 1.38 bits per heavy atom. The third-order valence-electron chi connectivity index (χ3n) is 3.23. The molecule has 1 fully saturated rings. The van der Waals surface area contributed by atoms with E-state index in [1.807, 2.05) is 19.2 Å². The second kappa shape index (κ2) is 5.41. The van der Waals surface area contributed by atoms with Gasteiger partial charge < -0.3 is 5.32 Å². The Balaban J connectivity index is 1.91. The molecule has 0 spiro atoms. The van der Waals surface area contributed by atoms with Crippen molar-refractivity contribution >= 4 is 0 Å². The van der Waals surface area contributed by atoms with E-state index < -0.39 is 0 Å². The molecule has 2 rings (SSSR count). The first-order valence-corrected chi connectivity index (χ1v) is 5.92. The van der Waals surface area contributed by atoms with Gasteiger partial charge in [-0.3, -0.25) is 4.90 Å². The van der Waals surface area contributed by atoms with Gasteiger partial charge in [-0.05, 0) is 44.1 Å². The summed E-state index contributed by atoms with van der Waals surface area (Å²) >= 11 is 0. The average molecular weight is 222 g/mol. The highest BCUT2D eigenvalue weighted by molar-refractivity contribution is 5.16. The Bertz CT molecular complexity index is 323. The van der Waals surface area contributed by atoms with Gasteiger partial charge in [-0.15, -0.1) is 0 Å². The lowest BCUT2D eigenvalue weighted by Gasteiger charge is -2.32. The van der Waals surface area contributed by atoms with Gasteiger partial charge in [0.05, 0.1) is 0 Å². The molecule has 0 amide bonds. The van der Waals surface area contributed by atoms with Crippen LogP contribution in [-0.2, 0) is 6.54 Å². The molecule has 2 nitrogen and oxygen atoms in total.